The molecule has 4 nitrogen and oxygen atoms in total. The van der Waals surface area contributed by atoms with Gasteiger partial charge in [0, 0.05) is 5.56 Å². The number of esters is 1. The van der Waals surface area contributed by atoms with Gasteiger partial charge in [0.25, 0.3) is 0 Å². The van der Waals surface area contributed by atoms with E-state index in [1.165, 1.54) is 81.8 Å². The molecule has 0 aliphatic rings. The molecule has 0 saturated carbocycles. The van der Waals surface area contributed by atoms with Crippen LogP contribution >= 0.6 is 0 Å². The maximum Gasteiger partial charge on any atom is 0.343 e. The molecule has 0 aliphatic carbocycles. The Labute approximate surface area is 217 Å². The Bertz CT molecular complexity index is 1010. The van der Waals surface area contributed by atoms with Crippen LogP contribution in [-0.2, 0) is 12.8 Å². The summed E-state index contributed by atoms with van der Waals surface area (Å²) < 4.78 is 5.49. The number of aromatic nitrogens is 2. The average Bonchev–Trinajstić information content (AvgIpc) is 2.92. The van der Waals surface area contributed by atoms with E-state index >= 15 is 0 Å². The molecule has 0 fully saturated rings. The van der Waals surface area contributed by atoms with Crippen LogP contribution in [0.15, 0.2) is 60.9 Å². The van der Waals surface area contributed by atoms with Gasteiger partial charge in [-0.2, -0.15) is 0 Å². The van der Waals surface area contributed by atoms with Gasteiger partial charge in [-0.3, -0.25) is 0 Å². The van der Waals surface area contributed by atoms with Crippen LogP contribution in [0.4, 0.5) is 0 Å². The smallest absolute Gasteiger partial charge is 0.343 e. The summed E-state index contributed by atoms with van der Waals surface area (Å²) in [6.45, 7) is 4.47. The van der Waals surface area contributed by atoms with Gasteiger partial charge < -0.3 is 4.74 Å². The Kier molecular flexibility index (Phi) is 12.2. The summed E-state index contributed by atoms with van der Waals surface area (Å²) in [7, 11) is 0. The van der Waals surface area contributed by atoms with Crippen LogP contribution < -0.4 is 4.74 Å². The van der Waals surface area contributed by atoms with Gasteiger partial charge in [-0.05, 0) is 48.9 Å². The maximum absolute atomic E-state index is 12.5. The molecule has 1 aromatic heterocycles. The molecule has 4 heteroatoms. The fourth-order valence-corrected chi connectivity index (χ4v) is 4.35. The van der Waals surface area contributed by atoms with E-state index in [0.29, 0.717) is 17.1 Å². The van der Waals surface area contributed by atoms with Crippen LogP contribution in [0.1, 0.15) is 106 Å². The van der Waals surface area contributed by atoms with Crippen molar-refractivity contribution < 1.29 is 9.53 Å². The first-order chi connectivity index (χ1) is 17.7. The Morgan fingerprint density at radius 1 is 0.639 bits per heavy atom. The Balaban J connectivity index is 1.44. The van der Waals surface area contributed by atoms with Gasteiger partial charge in [0.1, 0.15) is 0 Å². The summed E-state index contributed by atoms with van der Waals surface area (Å²) in [4.78, 5) is 21.3. The lowest BCUT2D eigenvalue weighted by Crippen LogP contribution is -2.09. The number of unbranched alkanes of at least 4 members (excludes halogenated alkanes) is 9. The van der Waals surface area contributed by atoms with E-state index < -0.39 is 5.97 Å². The number of carbonyl (C=O) groups excluding carboxylic acids is 1. The van der Waals surface area contributed by atoms with Gasteiger partial charge in [-0.1, -0.05) is 108 Å². The molecule has 0 saturated heterocycles. The second kappa shape index (κ2) is 15.9. The molecule has 192 valence electrons. The number of aryl methyl sites for hydroxylation is 2. The summed E-state index contributed by atoms with van der Waals surface area (Å²) in [6.07, 6.45) is 19.5. The zero-order valence-corrected chi connectivity index (χ0v) is 22.2. The molecule has 0 unspecified atom stereocenters. The second-order valence-electron chi connectivity index (χ2n) is 9.71. The molecule has 2 aromatic carbocycles. The molecule has 0 aliphatic heterocycles. The summed E-state index contributed by atoms with van der Waals surface area (Å²) in [5.74, 6) is 0.589. The largest absolute Gasteiger partial charge is 0.420 e. The Morgan fingerprint density at radius 2 is 1.11 bits per heavy atom. The highest BCUT2D eigenvalue weighted by Gasteiger charge is 2.10. The van der Waals surface area contributed by atoms with Crippen molar-refractivity contribution in [2.45, 2.75) is 97.3 Å². The third-order valence-corrected chi connectivity index (χ3v) is 6.63. The molecule has 0 atom stereocenters. The van der Waals surface area contributed by atoms with Gasteiger partial charge in [0.05, 0.1) is 18.0 Å². The van der Waals surface area contributed by atoms with Crippen molar-refractivity contribution in [3.63, 3.8) is 0 Å². The highest BCUT2D eigenvalue weighted by Crippen LogP contribution is 2.20. The Hall–Kier alpha value is -3.01. The number of benzene rings is 2. The van der Waals surface area contributed by atoms with Crippen molar-refractivity contribution in [1.82, 2.24) is 9.97 Å². The minimum atomic E-state index is -0.390. The van der Waals surface area contributed by atoms with E-state index in [2.05, 4.69) is 48.1 Å². The molecule has 0 spiro atoms. The molecule has 0 bridgehead atoms. The molecule has 3 rings (SSSR count). The van der Waals surface area contributed by atoms with Crippen molar-refractivity contribution in [3.8, 4) is 17.1 Å². The van der Waals surface area contributed by atoms with Gasteiger partial charge in [0.2, 0.25) is 0 Å². The first-order valence-corrected chi connectivity index (χ1v) is 13.9. The number of carbonyl (C=O) groups is 1. The molecule has 0 N–H and O–H groups in total. The Morgan fingerprint density at radius 3 is 1.67 bits per heavy atom. The number of ether oxygens (including phenoxy) is 1. The first kappa shape index (κ1) is 27.6. The molecule has 1 heterocycles. The predicted octanol–water partition coefficient (Wildman–Crippen LogP) is 8.78. The van der Waals surface area contributed by atoms with Crippen molar-refractivity contribution in [2.75, 3.05) is 0 Å². The predicted molar refractivity (Wildman–Crippen MR) is 148 cm³/mol. The van der Waals surface area contributed by atoms with Gasteiger partial charge in [-0.25, -0.2) is 14.8 Å². The van der Waals surface area contributed by atoms with Crippen LogP contribution in [0.3, 0.4) is 0 Å². The molecule has 0 amide bonds. The lowest BCUT2D eigenvalue weighted by molar-refractivity contribution is 0.0733. The van der Waals surface area contributed by atoms with Crippen LogP contribution in [0.2, 0.25) is 0 Å². The maximum atomic E-state index is 12.5. The molecule has 0 radical (unpaired) electrons. The van der Waals surface area contributed by atoms with E-state index in [-0.39, 0.29) is 0 Å². The summed E-state index contributed by atoms with van der Waals surface area (Å²) in [5.41, 5.74) is 4.10. The highest BCUT2D eigenvalue weighted by atomic mass is 16.5. The van der Waals surface area contributed by atoms with Gasteiger partial charge >= 0.3 is 5.97 Å². The number of hydrogen-bond acceptors (Lipinski definition) is 4. The zero-order chi connectivity index (χ0) is 25.4. The summed E-state index contributed by atoms with van der Waals surface area (Å²) in [6, 6.07) is 16.2. The van der Waals surface area contributed by atoms with E-state index in [4.69, 9.17) is 4.74 Å². The third kappa shape index (κ3) is 9.56. The van der Waals surface area contributed by atoms with Crippen LogP contribution in [-0.4, -0.2) is 15.9 Å². The van der Waals surface area contributed by atoms with E-state index in [9.17, 15) is 4.79 Å². The number of hydrogen-bond donors (Lipinski definition) is 0. The SMILES string of the molecule is CCCCCCCCCc1ccc(-c2ncc(OC(=O)c3ccc(CCCCCC)cc3)cn2)cc1. The van der Waals surface area contributed by atoms with E-state index in [1.54, 1.807) is 12.4 Å². The van der Waals surface area contributed by atoms with Crippen LogP contribution in [0, 0.1) is 0 Å². The fourth-order valence-electron chi connectivity index (χ4n) is 4.35. The molecular weight excluding hydrogens is 444 g/mol. The van der Waals surface area contributed by atoms with Gasteiger partial charge in [0.15, 0.2) is 11.6 Å². The van der Waals surface area contributed by atoms with Gasteiger partial charge in [-0.15, -0.1) is 0 Å². The lowest BCUT2D eigenvalue weighted by atomic mass is 10.0. The average molecular weight is 487 g/mol. The standard InChI is InChI=1S/C32H42N2O2/c1-3-5-7-9-10-11-13-15-26-16-20-28(21-17-26)31-33-24-30(25-34-31)36-32(35)29-22-18-27(19-23-29)14-12-8-6-4-2/h16-25H,3-15H2,1-2H3. The normalized spacial score (nSPS) is 10.9. The summed E-state index contributed by atoms with van der Waals surface area (Å²) in [5, 5.41) is 0. The highest BCUT2D eigenvalue weighted by molar-refractivity contribution is 5.91. The van der Waals surface area contributed by atoms with Crippen molar-refractivity contribution in [3.05, 3.63) is 77.6 Å². The quantitative estimate of drug-likeness (QED) is 0.150. The lowest BCUT2D eigenvalue weighted by Gasteiger charge is -2.07. The first-order valence-electron chi connectivity index (χ1n) is 13.9. The van der Waals surface area contributed by atoms with Crippen LogP contribution in [0.5, 0.6) is 5.75 Å². The topological polar surface area (TPSA) is 52.1 Å². The monoisotopic (exact) mass is 486 g/mol. The number of rotatable bonds is 16. The molecular formula is C32H42N2O2. The number of nitrogens with zero attached hydrogens (tertiary/aromatic N) is 2. The second-order valence-corrected chi connectivity index (χ2v) is 9.71. The van der Waals surface area contributed by atoms with Crippen molar-refractivity contribution in [1.29, 1.82) is 0 Å². The minimum absolute atomic E-state index is 0.350. The fraction of sp³-hybridized carbons (Fsp3) is 0.469. The van der Waals surface area contributed by atoms with E-state index in [1.807, 2.05) is 24.3 Å². The molecule has 3 aromatic rings. The molecule has 36 heavy (non-hydrogen) atoms. The van der Waals surface area contributed by atoms with Crippen LogP contribution in [0.25, 0.3) is 11.4 Å². The minimum Gasteiger partial charge on any atom is -0.420 e. The third-order valence-electron chi connectivity index (χ3n) is 6.63. The van der Waals surface area contributed by atoms with E-state index in [0.717, 1.165) is 18.4 Å². The summed E-state index contributed by atoms with van der Waals surface area (Å²) >= 11 is 0. The van der Waals surface area contributed by atoms with Crippen molar-refractivity contribution >= 4 is 5.97 Å². The zero-order valence-electron chi connectivity index (χ0n) is 22.2. The van der Waals surface area contributed by atoms with Crippen molar-refractivity contribution in [2.24, 2.45) is 0 Å².